The highest BCUT2D eigenvalue weighted by Gasteiger charge is 2.22. The van der Waals surface area contributed by atoms with Crippen LogP contribution in [0, 0.1) is 0 Å². The average molecular weight is 1030 g/mol. The summed E-state index contributed by atoms with van der Waals surface area (Å²) in [4.78, 5) is 37.3. The summed E-state index contributed by atoms with van der Waals surface area (Å²) < 4.78 is 22.7. The molecule has 0 aromatic heterocycles. The summed E-state index contributed by atoms with van der Waals surface area (Å²) >= 11 is 0. The SMILES string of the molecule is CCCCC/C=C\C/C=C\C/C=C\CCCCCCCCC(=O)OC(COC(=O)CCCCCCCCCCCCCCCCCCC/C=C\CCCCCCCCCC)COC(OCC[N+](C)(C)C)C(=O)[O-]. The fraction of sp³-hybridized carbons (Fsp3) is 0.828. The van der Waals surface area contributed by atoms with Gasteiger partial charge in [-0.05, 0) is 77.0 Å². The number of hydrogen-bond donors (Lipinski definition) is 0. The van der Waals surface area contributed by atoms with Crippen LogP contribution in [0.1, 0.15) is 284 Å². The largest absolute Gasteiger partial charge is 0.545 e. The Morgan fingerprint density at radius 3 is 1.14 bits per heavy atom. The van der Waals surface area contributed by atoms with Crippen LogP contribution in [0.4, 0.5) is 0 Å². The minimum Gasteiger partial charge on any atom is -0.545 e. The van der Waals surface area contributed by atoms with E-state index in [2.05, 4.69) is 62.5 Å². The topological polar surface area (TPSA) is 111 Å². The van der Waals surface area contributed by atoms with Crippen molar-refractivity contribution >= 4 is 17.9 Å². The highest BCUT2D eigenvalue weighted by Crippen LogP contribution is 2.17. The minimum absolute atomic E-state index is 0.145. The summed E-state index contributed by atoms with van der Waals surface area (Å²) in [7, 11) is 5.92. The van der Waals surface area contributed by atoms with Crippen LogP contribution in [0.2, 0.25) is 0 Å². The predicted octanol–water partition coefficient (Wildman–Crippen LogP) is 16.9. The van der Waals surface area contributed by atoms with E-state index in [1.165, 1.54) is 180 Å². The van der Waals surface area contributed by atoms with E-state index < -0.39 is 24.3 Å². The zero-order chi connectivity index (χ0) is 53.4. The number of carbonyl (C=O) groups excluding carboxylic acids is 3. The van der Waals surface area contributed by atoms with Crippen molar-refractivity contribution in [1.29, 1.82) is 0 Å². The predicted molar refractivity (Wildman–Crippen MR) is 306 cm³/mol. The van der Waals surface area contributed by atoms with Crippen molar-refractivity contribution in [2.75, 3.05) is 47.5 Å². The number of quaternary nitrogens is 1. The van der Waals surface area contributed by atoms with Crippen LogP contribution in [-0.2, 0) is 33.3 Å². The zero-order valence-corrected chi connectivity index (χ0v) is 48.5. The van der Waals surface area contributed by atoms with Crippen molar-refractivity contribution < 1.29 is 42.9 Å². The summed E-state index contributed by atoms with van der Waals surface area (Å²) in [5.41, 5.74) is 0. The molecule has 0 rings (SSSR count). The smallest absolute Gasteiger partial charge is 0.306 e. The lowest BCUT2D eigenvalue weighted by Crippen LogP contribution is -2.44. The van der Waals surface area contributed by atoms with Gasteiger partial charge in [-0.2, -0.15) is 0 Å². The summed E-state index contributed by atoms with van der Waals surface area (Å²) in [6.45, 7) is 4.74. The summed E-state index contributed by atoms with van der Waals surface area (Å²) in [6.07, 6.45) is 66.0. The molecule has 2 unspecified atom stereocenters. The van der Waals surface area contributed by atoms with Gasteiger partial charge in [0.2, 0.25) is 0 Å². The Morgan fingerprint density at radius 2 is 0.740 bits per heavy atom. The molecule has 0 aliphatic carbocycles. The molecule has 0 bridgehead atoms. The standard InChI is InChI=1S/C64H117NO8/c1-6-8-10-12-14-16-18-20-22-24-26-27-28-29-30-31-32-33-34-35-37-38-40-42-44-46-48-50-52-54-61(66)71-58-60(59-72-64(63(68)69)70-57-56-65(3,4)5)73-62(67)55-53-51-49-47-45-43-41-39-36-25-23-21-19-17-15-13-11-9-7-2/h15,17,21,23-24,26,36,39,60,64H,6-14,16,18-20,22,25,27-35,37-38,40-59H2,1-5H3/b17-15-,23-21-,26-24-,39-36-. The van der Waals surface area contributed by atoms with Crippen molar-refractivity contribution in [3.8, 4) is 0 Å². The fourth-order valence-corrected chi connectivity index (χ4v) is 8.78. The first kappa shape index (κ1) is 70.2. The maximum Gasteiger partial charge on any atom is 0.306 e. The molecule has 0 saturated heterocycles. The number of likely N-dealkylation sites (N-methyl/N-ethyl adjacent to an activating group) is 1. The van der Waals surface area contributed by atoms with Crippen LogP contribution in [0.5, 0.6) is 0 Å². The van der Waals surface area contributed by atoms with E-state index in [0.717, 1.165) is 70.6 Å². The number of carboxylic acid groups (broad SMARTS) is 1. The van der Waals surface area contributed by atoms with Crippen molar-refractivity contribution in [2.45, 2.75) is 296 Å². The normalized spacial score (nSPS) is 13.1. The number of aliphatic carboxylic acids is 1. The monoisotopic (exact) mass is 1030 g/mol. The Kier molecular flexibility index (Phi) is 53.4. The number of allylic oxidation sites excluding steroid dienone is 8. The quantitative estimate of drug-likeness (QED) is 0.0195. The third-order valence-corrected chi connectivity index (χ3v) is 13.5. The van der Waals surface area contributed by atoms with E-state index in [9.17, 15) is 19.5 Å². The molecule has 0 aromatic carbocycles. The Labute approximate surface area is 451 Å². The van der Waals surface area contributed by atoms with Gasteiger partial charge in [0, 0.05) is 12.8 Å². The molecule has 73 heavy (non-hydrogen) atoms. The number of unbranched alkanes of at least 4 members (excludes halogenated alkanes) is 34. The number of nitrogens with zero attached hydrogens (tertiary/aromatic N) is 1. The van der Waals surface area contributed by atoms with E-state index in [1.807, 2.05) is 21.1 Å². The van der Waals surface area contributed by atoms with Gasteiger partial charge in [0.15, 0.2) is 12.4 Å². The molecule has 0 fully saturated rings. The van der Waals surface area contributed by atoms with Crippen LogP contribution in [0.3, 0.4) is 0 Å². The molecule has 0 amide bonds. The van der Waals surface area contributed by atoms with E-state index in [1.54, 1.807) is 0 Å². The molecule has 426 valence electrons. The van der Waals surface area contributed by atoms with Crippen molar-refractivity contribution in [3.63, 3.8) is 0 Å². The molecule has 0 saturated carbocycles. The molecule has 0 N–H and O–H groups in total. The molecule has 0 heterocycles. The molecular formula is C64H117NO8. The van der Waals surface area contributed by atoms with Gasteiger partial charge in [0.1, 0.15) is 13.2 Å². The molecule has 0 aliphatic rings. The Morgan fingerprint density at radius 1 is 0.411 bits per heavy atom. The summed E-state index contributed by atoms with van der Waals surface area (Å²) in [6, 6.07) is 0. The fourth-order valence-electron chi connectivity index (χ4n) is 8.78. The van der Waals surface area contributed by atoms with Crippen LogP contribution in [0.25, 0.3) is 0 Å². The third-order valence-electron chi connectivity index (χ3n) is 13.5. The molecule has 9 nitrogen and oxygen atoms in total. The molecular weight excluding hydrogens is 911 g/mol. The number of carbonyl (C=O) groups is 3. The highest BCUT2D eigenvalue weighted by molar-refractivity contribution is 5.70. The zero-order valence-electron chi connectivity index (χ0n) is 48.5. The van der Waals surface area contributed by atoms with Gasteiger partial charge in [0.25, 0.3) is 0 Å². The van der Waals surface area contributed by atoms with Gasteiger partial charge in [-0.25, -0.2) is 0 Å². The van der Waals surface area contributed by atoms with Crippen LogP contribution >= 0.6 is 0 Å². The minimum atomic E-state index is -1.63. The second-order valence-electron chi connectivity index (χ2n) is 22.0. The molecule has 0 aromatic rings. The number of esters is 2. The van der Waals surface area contributed by atoms with Gasteiger partial charge in [-0.15, -0.1) is 0 Å². The van der Waals surface area contributed by atoms with Crippen molar-refractivity contribution in [3.05, 3.63) is 48.6 Å². The average Bonchev–Trinajstić information content (AvgIpc) is 3.36. The molecule has 9 heteroatoms. The Bertz CT molecular complexity index is 1340. The second-order valence-corrected chi connectivity index (χ2v) is 22.0. The van der Waals surface area contributed by atoms with Crippen molar-refractivity contribution in [2.24, 2.45) is 0 Å². The van der Waals surface area contributed by atoms with Crippen LogP contribution < -0.4 is 5.11 Å². The van der Waals surface area contributed by atoms with E-state index in [-0.39, 0.29) is 32.2 Å². The van der Waals surface area contributed by atoms with Crippen LogP contribution in [-0.4, -0.2) is 82.3 Å². The number of carboxylic acids is 1. The number of rotatable bonds is 57. The molecule has 0 aliphatic heterocycles. The highest BCUT2D eigenvalue weighted by atomic mass is 16.7. The van der Waals surface area contributed by atoms with Gasteiger partial charge in [0.05, 0.1) is 40.3 Å². The van der Waals surface area contributed by atoms with Gasteiger partial charge in [-0.1, -0.05) is 242 Å². The van der Waals surface area contributed by atoms with Crippen molar-refractivity contribution in [1.82, 2.24) is 0 Å². The maximum absolute atomic E-state index is 12.9. The lowest BCUT2D eigenvalue weighted by Gasteiger charge is -2.26. The third kappa shape index (κ3) is 56.8. The molecule has 0 spiro atoms. The van der Waals surface area contributed by atoms with Gasteiger partial charge in [-0.3, -0.25) is 9.59 Å². The lowest BCUT2D eigenvalue weighted by atomic mass is 10.0. The second kappa shape index (κ2) is 55.5. The Hall–Kier alpha value is -2.75. The number of hydrogen-bond acceptors (Lipinski definition) is 8. The molecule has 0 radical (unpaired) electrons. The first-order valence-electron chi connectivity index (χ1n) is 30.8. The molecule has 2 atom stereocenters. The Balaban J connectivity index is 4.15. The first-order valence-corrected chi connectivity index (χ1v) is 30.8. The maximum atomic E-state index is 12.9. The van der Waals surface area contributed by atoms with Gasteiger partial charge >= 0.3 is 11.9 Å². The van der Waals surface area contributed by atoms with E-state index in [4.69, 9.17) is 18.9 Å². The van der Waals surface area contributed by atoms with E-state index >= 15 is 0 Å². The summed E-state index contributed by atoms with van der Waals surface area (Å²) in [5, 5.41) is 11.8. The van der Waals surface area contributed by atoms with Crippen LogP contribution in [0.15, 0.2) is 48.6 Å². The van der Waals surface area contributed by atoms with E-state index in [0.29, 0.717) is 23.9 Å². The first-order chi connectivity index (χ1) is 35.6. The summed E-state index contributed by atoms with van der Waals surface area (Å²) in [5.74, 6) is -2.29. The van der Waals surface area contributed by atoms with Gasteiger partial charge < -0.3 is 33.3 Å². The lowest BCUT2D eigenvalue weighted by molar-refractivity contribution is -0.870. The number of ether oxygens (including phenoxy) is 4.